The molecule has 0 heterocycles. The third-order valence-corrected chi connectivity index (χ3v) is 1.31. The van der Waals surface area contributed by atoms with E-state index >= 15 is 0 Å². The van der Waals surface area contributed by atoms with Crippen LogP contribution in [0.1, 0.15) is 0 Å². The molecule has 0 bridgehead atoms. The second kappa shape index (κ2) is 8.74. The Labute approximate surface area is 85.3 Å². The Morgan fingerprint density at radius 1 is 1.47 bits per heavy atom. The lowest BCUT2D eigenvalue weighted by molar-refractivity contribution is -0.135. The van der Waals surface area contributed by atoms with Crippen molar-refractivity contribution in [1.29, 1.82) is 0 Å². The number of hydrogen-bond acceptors (Lipinski definition) is 6. The predicted molar refractivity (Wildman–Crippen MR) is 47.8 cm³/mol. The summed E-state index contributed by atoms with van der Waals surface area (Å²) in [5, 5.41) is 24.2. The molecular weight excluding hydrogens is 233 g/mol. The quantitative estimate of drug-likeness (QED) is 0.287. The number of phosphoric acid groups is 1. The summed E-state index contributed by atoms with van der Waals surface area (Å²) in [5.41, 5.74) is 4.57. The molecule has 15 heavy (non-hydrogen) atoms. The molecule has 0 fully saturated rings. The van der Waals surface area contributed by atoms with Crippen molar-refractivity contribution in [3.8, 4) is 0 Å². The van der Waals surface area contributed by atoms with Gasteiger partial charge in [0.25, 0.3) is 0 Å². The second-order valence-electron chi connectivity index (χ2n) is 2.22. The summed E-state index contributed by atoms with van der Waals surface area (Å²) in [6, 6.07) is 0. The number of hydrogen-bond donors (Lipinski definition) is 6. The second-order valence-corrected chi connectivity index (χ2v) is 3.46. The van der Waals surface area contributed by atoms with E-state index in [4.69, 9.17) is 25.1 Å². The van der Waals surface area contributed by atoms with Gasteiger partial charge in [-0.05, 0) is 0 Å². The molecule has 0 saturated heterocycles. The first-order valence-corrected chi connectivity index (χ1v) is 5.16. The first-order valence-electron chi connectivity index (χ1n) is 3.63. The van der Waals surface area contributed by atoms with E-state index in [-0.39, 0.29) is 6.54 Å². The van der Waals surface area contributed by atoms with Crippen LogP contribution in [0.2, 0.25) is 0 Å². The smallest absolute Gasteiger partial charge is 0.469 e. The molecule has 10 heteroatoms. The van der Waals surface area contributed by atoms with Gasteiger partial charge in [0.05, 0.1) is 19.8 Å². The topological polar surface area (TPSA) is 171 Å². The Kier molecular flexibility index (Phi) is 9.84. The fourth-order valence-electron chi connectivity index (χ4n) is 0.236. The van der Waals surface area contributed by atoms with Gasteiger partial charge in [0.15, 0.2) is 0 Å². The Morgan fingerprint density at radius 2 is 1.87 bits per heavy atom. The molecule has 1 unspecified atom stereocenters. The number of nitrogens with two attached hydrogens (primary N) is 1. The molecule has 0 aliphatic carbocycles. The van der Waals surface area contributed by atoms with Crippen LogP contribution in [-0.4, -0.2) is 56.9 Å². The number of aliphatic hydroxyl groups excluding tert-OH is 2. The molecular formula is C5H14NO8P. The minimum absolute atomic E-state index is 0.278. The third kappa shape index (κ3) is 19.8. The average molecular weight is 247 g/mol. The van der Waals surface area contributed by atoms with Crippen LogP contribution in [0.25, 0.3) is 0 Å². The van der Waals surface area contributed by atoms with Gasteiger partial charge in [0.1, 0.15) is 6.10 Å². The number of carbonyl (C=O) groups is 1. The summed E-state index contributed by atoms with van der Waals surface area (Å²) in [7, 11) is -4.50. The SMILES string of the molecule is NCC(=O)O.O=P(O)(O)OCC(O)CO. The first-order chi connectivity index (χ1) is 6.72. The van der Waals surface area contributed by atoms with Crippen LogP contribution in [-0.2, 0) is 13.9 Å². The maximum atomic E-state index is 9.93. The lowest BCUT2D eigenvalue weighted by Gasteiger charge is -2.07. The van der Waals surface area contributed by atoms with Crippen LogP contribution >= 0.6 is 7.82 Å². The maximum Gasteiger partial charge on any atom is 0.469 e. The summed E-state index contributed by atoms with van der Waals surface area (Å²) in [6.45, 7) is -1.43. The van der Waals surface area contributed by atoms with Gasteiger partial charge in [-0.2, -0.15) is 0 Å². The van der Waals surface area contributed by atoms with E-state index in [1.54, 1.807) is 0 Å². The molecule has 0 saturated carbocycles. The van der Waals surface area contributed by atoms with Crippen LogP contribution in [0.3, 0.4) is 0 Å². The third-order valence-electron chi connectivity index (χ3n) is 0.820. The van der Waals surface area contributed by atoms with Crippen molar-refractivity contribution in [1.82, 2.24) is 0 Å². The Morgan fingerprint density at radius 3 is 2.07 bits per heavy atom. The summed E-state index contributed by atoms with van der Waals surface area (Å²) in [5.74, 6) is -0.968. The van der Waals surface area contributed by atoms with Crippen LogP contribution in [0.5, 0.6) is 0 Å². The van der Waals surface area contributed by atoms with Crippen molar-refractivity contribution >= 4 is 13.8 Å². The van der Waals surface area contributed by atoms with E-state index in [2.05, 4.69) is 10.3 Å². The largest absolute Gasteiger partial charge is 0.480 e. The minimum atomic E-state index is -4.50. The zero-order valence-corrected chi connectivity index (χ0v) is 8.58. The average Bonchev–Trinajstić information content (AvgIpc) is 2.14. The van der Waals surface area contributed by atoms with E-state index < -0.39 is 33.1 Å². The molecule has 0 aliphatic rings. The lowest BCUT2D eigenvalue weighted by atomic mass is 10.4. The van der Waals surface area contributed by atoms with Gasteiger partial charge >= 0.3 is 13.8 Å². The van der Waals surface area contributed by atoms with Crippen molar-refractivity contribution in [2.24, 2.45) is 5.73 Å². The van der Waals surface area contributed by atoms with Gasteiger partial charge in [-0.15, -0.1) is 0 Å². The summed E-state index contributed by atoms with van der Waals surface area (Å²) >= 11 is 0. The molecule has 0 aliphatic heterocycles. The molecule has 0 spiro atoms. The van der Waals surface area contributed by atoms with Gasteiger partial charge in [-0.3, -0.25) is 9.32 Å². The van der Waals surface area contributed by atoms with Crippen molar-refractivity contribution in [2.75, 3.05) is 19.8 Å². The highest BCUT2D eigenvalue weighted by molar-refractivity contribution is 7.46. The van der Waals surface area contributed by atoms with Crippen molar-refractivity contribution in [3.63, 3.8) is 0 Å². The number of carboxylic acid groups (broad SMARTS) is 1. The fraction of sp³-hybridized carbons (Fsp3) is 0.800. The normalized spacial score (nSPS) is 12.6. The Balaban J connectivity index is 0. The van der Waals surface area contributed by atoms with E-state index in [0.29, 0.717) is 0 Å². The van der Waals surface area contributed by atoms with E-state index in [1.807, 2.05) is 0 Å². The predicted octanol–water partition coefficient (Wildman–Crippen LogP) is -2.52. The summed E-state index contributed by atoms with van der Waals surface area (Å²) in [6.07, 6.45) is -1.24. The van der Waals surface area contributed by atoms with Crippen LogP contribution in [0.4, 0.5) is 0 Å². The number of phosphoric ester groups is 1. The summed E-state index contributed by atoms with van der Waals surface area (Å²) in [4.78, 5) is 25.4. The minimum Gasteiger partial charge on any atom is -0.480 e. The fourth-order valence-corrected chi connectivity index (χ4v) is 0.602. The van der Waals surface area contributed by atoms with E-state index in [9.17, 15) is 9.36 Å². The Hall–Kier alpha value is -0.540. The van der Waals surface area contributed by atoms with Gasteiger partial charge < -0.3 is 30.8 Å². The standard InChI is InChI=1S/C3H9O6P.C2H5NO2/c4-1-3(5)2-9-10(6,7)8;3-1-2(4)5/h3-5H,1-2H2,(H2,6,7,8);1,3H2,(H,4,5). The van der Waals surface area contributed by atoms with Gasteiger partial charge in [-0.25, -0.2) is 4.57 Å². The number of aliphatic hydroxyl groups is 2. The molecule has 0 rings (SSSR count). The molecule has 9 nitrogen and oxygen atoms in total. The van der Waals surface area contributed by atoms with E-state index in [1.165, 1.54) is 0 Å². The highest BCUT2D eigenvalue weighted by atomic mass is 31.2. The van der Waals surface area contributed by atoms with Crippen molar-refractivity contribution in [3.05, 3.63) is 0 Å². The zero-order chi connectivity index (χ0) is 12.5. The van der Waals surface area contributed by atoms with E-state index in [0.717, 1.165) is 0 Å². The highest BCUT2D eigenvalue weighted by Gasteiger charge is 2.15. The summed E-state index contributed by atoms with van der Waals surface area (Å²) < 4.78 is 13.8. The molecule has 0 aromatic heterocycles. The molecule has 0 aromatic carbocycles. The molecule has 0 radical (unpaired) electrons. The van der Waals surface area contributed by atoms with Crippen LogP contribution in [0.15, 0.2) is 0 Å². The van der Waals surface area contributed by atoms with Crippen molar-refractivity contribution in [2.45, 2.75) is 6.10 Å². The first kappa shape index (κ1) is 16.9. The maximum absolute atomic E-state index is 9.93. The molecule has 0 amide bonds. The van der Waals surface area contributed by atoms with Gasteiger partial charge in [0, 0.05) is 0 Å². The molecule has 7 N–H and O–H groups in total. The number of rotatable bonds is 5. The zero-order valence-electron chi connectivity index (χ0n) is 7.68. The van der Waals surface area contributed by atoms with Crippen molar-refractivity contribution < 1.29 is 39.0 Å². The number of carboxylic acids is 1. The highest BCUT2D eigenvalue weighted by Crippen LogP contribution is 2.35. The van der Waals surface area contributed by atoms with Crippen LogP contribution in [0, 0.1) is 0 Å². The van der Waals surface area contributed by atoms with Gasteiger partial charge in [-0.1, -0.05) is 0 Å². The van der Waals surface area contributed by atoms with Crippen LogP contribution < -0.4 is 5.73 Å². The van der Waals surface area contributed by atoms with Gasteiger partial charge in [0.2, 0.25) is 0 Å². The molecule has 0 aromatic rings. The monoisotopic (exact) mass is 247 g/mol. The number of aliphatic carboxylic acids is 1. The molecule has 92 valence electrons. The molecule has 1 atom stereocenters. The lowest BCUT2D eigenvalue weighted by Crippen LogP contribution is -2.18. The Bertz CT molecular complexity index is 215.